The van der Waals surface area contributed by atoms with Crippen molar-refractivity contribution in [1.82, 2.24) is 5.43 Å². The molecule has 78 valence electrons. The van der Waals surface area contributed by atoms with Crippen LogP contribution < -0.4 is 16.5 Å². The zero-order valence-electron chi connectivity index (χ0n) is 8.16. The highest BCUT2D eigenvalue weighted by molar-refractivity contribution is 5.83. The first kappa shape index (κ1) is 9.51. The first-order chi connectivity index (χ1) is 7.25. The Bertz CT molecular complexity index is 414. The van der Waals surface area contributed by atoms with E-state index >= 15 is 0 Å². The van der Waals surface area contributed by atoms with Crippen molar-refractivity contribution >= 4 is 17.9 Å². The van der Waals surface area contributed by atoms with Crippen LogP contribution in [-0.2, 0) is 6.42 Å². The monoisotopic (exact) mass is 204 g/mol. The molecule has 1 aromatic rings. The third kappa shape index (κ3) is 2.25. The number of anilines is 1. The van der Waals surface area contributed by atoms with Gasteiger partial charge in [-0.3, -0.25) is 0 Å². The smallest absolute Gasteiger partial charge is 0.332 e. The number of amides is 2. The number of nitrogens with zero attached hydrogens (tertiary/aromatic N) is 1. The van der Waals surface area contributed by atoms with Crippen LogP contribution in [0.25, 0.3) is 0 Å². The van der Waals surface area contributed by atoms with Gasteiger partial charge in [0.2, 0.25) is 0 Å². The molecule has 2 amide bonds. The quantitative estimate of drug-likeness (QED) is 0.488. The predicted octanol–water partition coefficient (Wildman–Crippen LogP) is 0.657. The fourth-order valence-corrected chi connectivity index (χ4v) is 1.58. The molecule has 0 aromatic heterocycles. The molecule has 1 aromatic carbocycles. The van der Waals surface area contributed by atoms with Gasteiger partial charge in [-0.25, -0.2) is 10.2 Å². The summed E-state index contributed by atoms with van der Waals surface area (Å²) in [5, 5.41) is 6.96. The SMILES string of the molecule is NC(=O)NN=Cc1ccc2c(c1)CCN2. The number of primary amides is 1. The van der Waals surface area contributed by atoms with Crippen LogP contribution in [0.15, 0.2) is 23.3 Å². The van der Waals surface area contributed by atoms with Crippen LogP contribution in [0, 0.1) is 0 Å². The van der Waals surface area contributed by atoms with Gasteiger partial charge in [0, 0.05) is 12.2 Å². The minimum atomic E-state index is -0.658. The molecule has 1 aliphatic heterocycles. The summed E-state index contributed by atoms with van der Waals surface area (Å²) in [6.07, 6.45) is 2.60. The molecule has 2 rings (SSSR count). The normalized spacial score (nSPS) is 13.6. The Kier molecular flexibility index (Phi) is 2.53. The van der Waals surface area contributed by atoms with Gasteiger partial charge >= 0.3 is 6.03 Å². The van der Waals surface area contributed by atoms with Gasteiger partial charge in [0.05, 0.1) is 6.21 Å². The standard InChI is InChI=1S/C10H12N4O/c11-10(15)14-13-6-7-1-2-9-8(5-7)3-4-12-9/h1-2,5-6,12H,3-4H2,(H3,11,14,15). The summed E-state index contributed by atoms with van der Waals surface area (Å²) in [4.78, 5) is 10.4. The Balaban J connectivity index is 2.10. The third-order valence-electron chi connectivity index (χ3n) is 2.23. The number of benzene rings is 1. The first-order valence-corrected chi connectivity index (χ1v) is 4.71. The maximum absolute atomic E-state index is 10.4. The molecule has 0 aliphatic carbocycles. The van der Waals surface area contributed by atoms with E-state index in [1.165, 1.54) is 11.3 Å². The Hall–Kier alpha value is -2.04. The van der Waals surface area contributed by atoms with Crippen molar-refractivity contribution in [3.8, 4) is 0 Å². The van der Waals surface area contributed by atoms with Crippen LogP contribution in [0.3, 0.4) is 0 Å². The summed E-state index contributed by atoms with van der Waals surface area (Å²) in [6, 6.07) is 5.33. The summed E-state index contributed by atoms with van der Waals surface area (Å²) in [5.74, 6) is 0. The highest BCUT2D eigenvalue weighted by atomic mass is 16.2. The molecule has 4 N–H and O–H groups in total. The Morgan fingerprint density at radius 3 is 3.27 bits per heavy atom. The van der Waals surface area contributed by atoms with Gasteiger partial charge in [-0.05, 0) is 29.7 Å². The van der Waals surface area contributed by atoms with Crippen molar-refractivity contribution in [3.05, 3.63) is 29.3 Å². The summed E-state index contributed by atoms with van der Waals surface area (Å²) in [5.41, 5.74) is 10.4. The van der Waals surface area contributed by atoms with Crippen molar-refractivity contribution in [2.45, 2.75) is 6.42 Å². The fourth-order valence-electron chi connectivity index (χ4n) is 1.58. The van der Waals surface area contributed by atoms with E-state index < -0.39 is 6.03 Å². The maximum Gasteiger partial charge on any atom is 0.332 e. The number of fused-ring (bicyclic) bond motifs is 1. The molecule has 0 unspecified atom stereocenters. The summed E-state index contributed by atoms with van der Waals surface area (Å²) >= 11 is 0. The topological polar surface area (TPSA) is 79.5 Å². The number of nitrogens with one attached hydrogen (secondary N) is 2. The second-order valence-electron chi connectivity index (χ2n) is 3.33. The van der Waals surface area contributed by atoms with Gasteiger partial charge in [-0.15, -0.1) is 0 Å². The van der Waals surface area contributed by atoms with Crippen molar-refractivity contribution in [2.24, 2.45) is 10.8 Å². The number of carbonyl (C=O) groups excluding carboxylic acids is 1. The highest BCUT2D eigenvalue weighted by Crippen LogP contribution is 2.22. The van der Waals surface area contributed by atoms with Gasteiger partial charge < -0.3 is 11.1 Å². The van der Waals surface area contributed by atoms with Crippen molar-refractivity contribution in [1.29, 1.82) is 0 Å². The molecule has 0 atom stereocenters. The number of rotatable bonds is 2. The molecule has 0 fully saturated rings. The molecule has 1 aliphatic rings. The van der Waals surface area contributed by atoms with E-state index in [4.69, 9.17) is 5.73 Å². The van der Waals surface area contributed by atoms with Crippen LogP contribution in [0.5, 0.6) is 0 Å². The molecule has 15 heavy (non-hydrogen) atoms. The maximum atomic E-state index is 10.4. The van der Waals surface area contributed by atoms with Gasteiger partial charge in [0.1, 0.15) is 0 Å². The van der Waals surface area contributed by atoms with E-state index in [1.54, 1.807) is 6.21 Å². The van der Waals surface area contributed by atoms with E-state index in [9.17, 15) is 4.79 Å². The van der Waals surface area contributed by atoms with E-state index in [0.29, 0.717) is 0 Å². The summed E-state index contributed by atoms with van der Waals surface area (Å²) < 4.78 is 0. The highest BCUT2D eigenvalue weighted by Gasteiger charge is 2.08. The minimum absolute atomic E-state index is 0.658. The minimum Gasteiger partial charge on any atom is -0.384 e. The van der Waals surface area contributed by atoms with Gasteiger partial charge in [-0.1, -0.05) is 6.07 Å². The van der Waals surface area contributed by atoms with Crippen LogP contribution in [0.4, 0.5) is 10.5 Å². The lowest BCUT2D eigenvalue weighted by atomic mass is 10.1. The zero-order valence-corrected chi connectivity index (χ0v) is 8.16. The average Bonchev–Trinajstić information content (AvgIpc) is 2.64. The second-order valence-corrected chi connectivity index (χ2v) is 3.33. The van der Waals surface area contributed by atoms with Gasteiger partial charge in [0.15, 0.2) is 0 Å². The lowest BCUT2D eigenvalue weighted by molar-refractivity contribution is 0.249. The Labute approximate surface area is 87.4 Å². The third-order valence-corrected chi connectivity index (χ3v) is 2.23. The lowest BCUT2D eigenvalue weighted by Gasteiger charge is -2.00. The van der Waals surface area contributed by atoms with Crippen molar-refractivity contribution < 1.29 is 4.79 Å². The fraction of sp³-hybridized carbons (Fsp3) is 0.200. The molecule has 0 saturated carbocycles. The molecular formula is C10H12N4O. The number of hydrogen-bond acceptors (Lipinski definition) is 3. The second kappa shape index (κ2) is 4.00. The molecule has 0 bridgehead atoms. The molecule has 5 heteroatoms. The van der Waals surface area contributed by atoms with Gasteiger partial charge in [0.25, 0.3) is 0 Å². The largest absolute Gasteiger partial charge is 0.384 e. The van der Waals surface area contributed by atoms with E-state index in [0.717, 1.165) is 18.5 Å². The number of nitrogens with two attached hydrogens (primary N) is 1. The van der Waals surface area contributed by atoms with Crippen LogP contribution >= 0.6 is 0 Å². The van der Waals surface area contributed by atoms with Gasteiger partial charge in [-0.2, -0.15) is 5.10 Å². The number of carbonyl (C=O) groups is 1. The van der Waals surface area contributed by atoms with Crippen LogP contribution in [0.2, 0.25) is 0 Å². The molecular weight excluding hydrogens is 192 g/mol. The summed E-state index contributed by atoms with van der Waals surface area (Å²) in [7, 11) is 0. The number of urea groups is 1. The molecule has 5 nitrogen and oxygen atoms in total. The lowest BCUT2D eigenvalue weighted by Crippen LogP contribution is -2.24. The average molecular weight is 204 g/mol. The molecule has 0 spiro atoms. The molecule has 1 heterocycles. The first-order valence-electron chi connectivity index (χ1n) is 4.71. The van der Waals surface area contributed by atoms with E-state index in [1.807, 2.05) is 18.2 Å². The van der Waals surface area contributed by atoms with Crippen molar-refractivity contribution in [3.63, 3.8) is 0 Å². The Morgan fingerprint density at radius 2 is 2.47 bits per heavy atom. The van der Waals surface area contributed by atoms with Crippen LogP contribution in [0.1, 0.15) is 11.1 Å². The van der Waals surface area contributed by atoms with E-state index in [-0.39, 0.29) is 0 Å². The summed E-state index contributed by atoms with van der Waals surface area (Å²) in [6.45, 7) is 0.982. The van der Waals surface area contributed by atoms with E-state index in [2.05, 4.69) is 15.8 Å². The molecule has 0 saturated heterocycles. The predicted molar refractivity (Wildman–Crippen MR) is 58.9 cm³/mol. The zero-order chi connectivity index (χ0) is 10.7. The van der Waals surface area contributed by atoms with Crippen molar-refractivity contribution in [2.75, 3.05) is 11.9 Å². The number of hydrogen-bond donors (Lipinski definition) is 3. The van der Waals surface area contributed by atoms with Crippen LogP contribution in [-0.4, -0.2) is 18.8 Å². The Morgan fingerprint density at radius 1 is 1.60 bits per heavy atom. The number of hydrazone groups is 1. The molecule has 0 radical (unpaired) electrons.